The van der Waals surface area contributed by atoms with Crippen molar-refractivity contribution in [2.45, 2.75) is 58.4 Å². The summed E-state index contributed by atoms with van der Waals surface area (Å²) in [6.45, 7) is 7.47. The molecule has 2 N–H and O–H groups in total. The van der Waals surface area contributed by atoms with Crippen LogP contribution in [0.3, 0.4) is 0 Å². The van der Waals surface area contributed by atoms with E-state index in [9.17, 15) is 9.59 Å². The molecule has 0 aromatic rings. The zero-order chi connectivity index (χ0) is 15.9. The molecule has 2 saturated heterocycles. The molecule has 2 unspecified atom stereocenters. The highest BCUT2D eigenvalue weighted by atomic mass is 16.2. The van der Waals surface area contributed by atoms with Crippen molar-refractivity contribution < 1.29 is 9.59 Å². The van der Waals surface area contributed by atoms with Crippen LogP contribution in [0.2, 0.25) is 0 Å². The van der Waals surface area contributed by atoms with Crippen molar-refractivity contribution >= 4 is 11.8 Å². The molecule has 2 aliphatic heterocycles. The Morgan fingerprint density at radius 2 is 1.95 bits per heavy atom. The van der Waals surface area contributed by atoms with E-state index < -0.39 is 0 Å². The molecule has 0 aliphatic carbocycles. The molecule has 2 amide bonds. The minimum atomic E-state index is -0.0290. The Hall–Kier alpha value is -1.10. The molecule has 2 fully saturated rings. The predicted octanol–water partition coefficient (Wildman–Crippen LogP) is 1.53. The van der Waals surface area contributed by atoms with Gasteiger partial charge < -0.3 is 15.5 Å². The second-order valence-corrected chi connectivity index (χ2v) is 6.85. The fraction of sp³-hybridized carbons (Fsp3) is 0.882. The van der Waals surface area contributed by atoms with E-state index >= 15 is 0 Å². The van der Waals surface area contributed by atoms with Crippen LogP contribution in [0.5, 0.6) is 0 Å². The number of likely N-dealkylation sites (tertiary alicyclic amines) is 1. The van der Waals surface area contributed by atoms with Crippen LogP contribution < -0.4 is 10.6 Å². The topological polar surface area (TPSA) is 61.4 Å². The van der Waals surface area contributed by atoms with Gasteiger partial charge in [-0.15, -0.1) is 0 Å². The minimum absolute atomic E-state index is 0.0290. The van der Waals surface area contributed by atoms with Crippen molar-refractivity contribution in [1.82, 2.24) is 15.5 Å². The zero-order valence-electron chi connectivity index (χ0n) is 14.1. The standard InChI is InChI=1S/C17H31N3O2/c1-3-5-13(2)19-16(21)15-6-4-11-20(12-15)17(22)14-7-9-18-10-8-14/h13-15,18H,3-12H2,1-2H3,(H,19,21). The summed E-state index contributed by atoms with van der Waals surface area (Å²) in [5.41, 5.74) is 0. The number of hydrogen-bond acceptors (Lipinski definition) is 3. The van der Waals surface area contributed by atoms with Crippen LogP contribution in [0.1, 0.15) is 52.4 Å². The van der Waals surface area contributed by atoms with Crippen molar-refractivity contribution in [3.63, 3.8) is 0 Å². The van der Waals surface area contributed by atoms with Crippen LogP contribution in [0.15, 0.2) is 0 Å². The first-order chi connectivity index (χ1) is 10.6. The molecule has 2 atom stereocenters. The smallest absolute Gasteiger partial charge is 0.225 e. The second kappa shape index (κ2) is 8.51. The van der Waals surface area contributed by atoms with Crippen LogP contribution in [0.4, 0.5) is 0 Å². The van der Waals surface area contributed by atoms with Gasteiger partial charge in [-0.2, -0.15) is 0 Å². The molecular formula is C17H31N3O2. The van der Waals surface area contributed by atoms with E-state index in [1.807, 2.05) is 4.90 Å². The van der Waals surface area contributed by atoms with Crippen LogP contribution >= 0.6 is 0 Å². The summed E-state index contributed by atoms with van der Waals surface area (Å²) in [6.07, 6.45) is 5.79. The molecule has 5 heteroatoms. The first-order valence-corrected chi connectivity index (χ1v) is 8.91. The van der Waals surface area contributed by atoms with Crippen molar-refractivity contribution in [2.24, 2.45) is 11.8 Å². The number of hydrogen-bond donors (Lipinski definition) is 2. The van der Waals surface area contributed by atoms with Crippen LogP contribution in [-0.2, 0) is 9.59 Å². The molecule has 2 rings (SSSR count). The lowest BCUT2D eigenvalue weighted by molar-refractivity contribution is -0.140. The fourth-order valence-electron chi connectivity index (χ4n) is 3.58. The summed E-state index contributed by atoms with van der Waals surface area (Å²) in [4.78, 5) is 26.9. The van der Waals surface area contributed by atoms with Gasteiger partial charge in [-0.1, -0.05) is 13.3 Å². The summed E-state index contributed by atoms with van der Waals surface area (Å²) >= 11 is 0. The highest BCUT2D eigenvalue weighted by Crippen LogP contribution is 2.22. The first-order valence-electron chi connectivity index (χ1n) is 8.91. The SMILES string of the molecule is CCCC(C)NC(=O)C1CCCN(C(=O)C2CCNCC2)C1. The normalized spacial score (nSPS) is 24.8. The van der Waals surface area contributed by atoms with Gasteiger partial charge in [0.25, 0.3) is 0 Å². The van der Waals surface area contributed by atoms with Gasteiger partial charge in [-0.05, 0) is 52.1 Å². The van der Waals surface area contributed by atoms with E-state index in [1.54, 1.807) is 0 Å². The average Bonchev–Trinajstić information content (AvgIpc) is 2.55. The third-order valence-electron chi connectivity index (χ3n) is 4.90. The third kappa shape index (κ3) is 4.70. The fourth-order valence-corrected chi connectivity index (χ4v) is 3.58. The lowest BCUT2D eigenvalue weighted by Crippen LogP contribution is -2.49. The highest BCUT2D eigenvalue weighted by molar-refractivity contribution is 5.82. The molecule has 2 heterocycles. The van der Waals surface area contributed by atoms with E-state index in [2.05, 4.69) is 24.5 Å². The number of carbonyl (C=O) groups is 2. The van der Waals surface area contributed by atoms with Gasteiger partial charge in [0.1, 0.15) is 0 Å². The second-order valence-electron chi connectivity index (χ2n) is 6.85. The van der Waals surface area contributed by atoms with E-state index in [1.165, 1.54) is 0 Å². The number of rotatable bonds is 5. The highest BCUT2D eigenvalue weighted by Gasteiger charge is 2.32. The van der Waals surface area contributed by atoms with Crippen LogP contribution in [0, 0.1) is 11.8 Å². The molecule has 126 valence electrons. The monoisotopic (exact) mass is 309 g/mol. The molecule has 0 aromatic heterocycles. The van der Waals surface area contributed by atoms with Crippen molar-refractivity contribution in [3.05, 3.63) is 0 Å². The van der Waals surface area contributed by atoms with Crippen LogP contribution in [0.25, 0.3) is 0 Å². The molecule has 5 nitrogen and oxygen atoms in total. The first kappa shape index (κ1) is 17.3. The maximum absolute atomic E-state index is 12.6. The number of nitrogens with zero attached hydrogens (tertiary/aromatic N) is 1. The molecule has 0 radical (unpaired) electrons. The Kier molecular flexibility index (Phi) is 6.68. The largest absolute Gasteiger partial charge is 0.353 e. The van der Waals surface area contributed by atoms with Crippen molar-refractivity contribution in [1.29, 1.82) is 0 Å². The van der Waals surface area contributed by atoms with Gasteiger partial charge in [0.05, 0.1) is 5.92 Å². The predicted molar refractivity (Wildman–Crippen MR) is 87.4 cm³/mol. The van der Waals surface area contributed by atoms with E-state index in [0.29, 0.717) is 6.54 Å². The zero-order valence-corrected chi connectivity index (χ0v) is 14.1. The molecule has 0 spiro atoms. The minimum Gasteiger partial charge on any atom is -0.353 e. The molecular weight excluding hydrogens is 278 g/mol. The summed E-state index contributed by atoms with van der Waals surface area (Å²) in [6, 6.07) is 0.230. The van der Waals surface area contributed by atoms with E-state index in [0.717, 1.165) is 58.2 Å². The van der Waals surface area contributed by atoms with Gasteiger partial charge in [0, 0.05) is 25.0 Å². The van der Waals surface area contributed by atoms with E-state index in [4.69, 9.17) is 0 Å². The maximum Gasteiger partial charge on any atom is 0.225 e. The number of amides is 2. The van der Waals surface area contributed by atoms with Crippen molar-refractivity contribution in [2.75, 3.05) is 26.2 Å². The lowest BCUT2D eigenvalue weighted by atomic mass is 9.92. The Bertz CT molecular complexity index is 380. The average molecular weight is 309 g/mol. The Balaban J connectivity index is 1.85. The summed E-state index contributed by atoms with van der Waals surface area (Å²) in [5.74, 6) is 0.519. The Morgan fingerprint density at radius 3 is 2.64 bits per heavy atom. The number of carbonyl (C=O) groups excluding carboxylic acids is 2. The van der Waals surface area contributed by atoms with Crippen LogP contribution in [-0.4, -0.2) is 48.9 Å². The van der Waals surface area contributed by atoms with E-state index in [-0.39, 0.29) is 29.7 Å². The van der Waals surface area contributed by atoms with Gasteiger partial charge in [0.15, 0.2) is 0 Å². The Morgan fingerprint density at radius 1 is 1.23 bits per heavy atom. The molecule has 2 aliphatic rings. The van der Waals surface area contributed by atoms with Gasteiger partial charge in [0.2, 0.25) is 11.8 Å². The molecule has 0 aromatic carbocycles. The third-order valence-corrected chi connectivity index (χ3v) is 4.90. The molecule has 0 bridgehead atoms. The van der Waals surface area contributed by atoms with Gasteiger partial charge in [-0.3, -0.25) is 9.59 Å². The lowest BCUT2D eigenvalue weighted by Gasteiger charge is -2.35. The number of nitrogens with one attached hydrogen (secondary N) is 2. The Labute approximate surface area is 134 Å². The number of piperidine rings is 2. The summed E-state index contributed by atoms with van der Waals surface area (Å²) in [5, 5.41) is 6.40. The quantitative estimate of drug-likeness (QED) is 0.809. The van der Waals surface area contributed by atoms with Gasteiger partial charge >= 0.3 is 0 Å². The van der Waals surface area contributed by atoms with Gasteiger partial charge in [-0.25, -0.2) is 0 Å². The molecule has 0 saturated carbocycles. The summed E-state index contributed by atoms with van der Waals surface area (Å²) in [7, 11) is 0. The van der Waals surface area contributed by atoms with Crippen molar-refractivity contribution in [3.8, 4) is 0 Å². The molecule has 22 heavy (non-hydrogen) atoms. The summed E-state index contributed by atoms with van der Waals surface area (Å²) < 4.78 is 0. The maximum atomic E-state index is 12.6.